The van der Waals surface area contributed by atoms with E-state index >= 15 is 0 Å². The van der Waals surface area contributed by atoms with Crippen LogP contribution in [-0.2, 0) is 23.7 Å². The van der Waals surface area contributed by atoms with Crippen LogP contribution in [-0.4, -0.2) is 89.6 Å². The normalized spacial score (nSPS) is 21.4. The number of esters is 1. The predicted molar refractivity (Wildman–Crippen MR) is 201 cm³/mol. The third kappa shape index (κ3) is 25.2. The first-order valence-corrected chi connectivity index (χ1v) is 21.1. The lowest BCUT2D eigenvalue weighted by molar-refractivity contribution is -0.305. The van der Waals surface area contributed by atoms with E-state index in [9.17, 15) is 25.2 Å². The number of rotatable bonds is 36. The van der Waals surface area contributed by atoms with Crippen molar-refractivity contribution in [1.29, 1.82) is 0 Å². The van der Waals surface area contributed by atoms with E-state index in [-0.39, 0.29) is 19.2 Å². The van der Waals surface area contributed by atoms with Crippen LogP contribution in [0.25, 0.3) is 0 Å². The minimum Gasteiger partial charge on any atom is -0.457 e. The van der Waals surface area contributed by atoms with Crippen LogP contribution in [0, 0.1) is 0 Å². The van der Waals surface area contributed by atoms with Crippen LogP contribution < -0.4 is 0 Å². The van der Waals surface area contributed by atoms with Crippen LogP contribution in [0.5, 0.6) is 0 Å². The Balaban J connectivity index is 2.23. The third-order valence-corrected chi connectivity index (χ3v) is 10.0. The van der Waals surface area contributed by atoms with Crippen molar-refractivity contribution in [1.82, 2.24) is 0 Å². The first kappa shape index (κ1) is 47.2. The second-order valence-electron chi connectivity index (χ2n) is 14.8. The summed E-state index contributed by atoms with van der Waals surface area (Å²) in [5.74, 6) is -0.310. The molecule has 0 bridgehead atoms. The van der Waals surface area contributed by atoms with Crippen LogP contribution in [0.15, 0.2) is 0 Å². The van der Waals surface area contributed by atoms with Gasteiger partial charge in [-0.25, -0.2) is 0 Å². The van der Waals surface area contributed by atoms with E-state index in [4.69, 9.17) is 18.9 Å². The van der Waals surface area contributed by atoms with Crippen LogP contribution in [0.4, 0.5) is 0 Å². The van der Waals surface area contributed by atoms with Gasteiger partial charge in [0.15, 0.2) is 6.29 Å². The number of aliphatic hydroxyl groups is 4. The molecule has 1 aliphatic rings. The number of unbranched alkanes of at least 4 members (excludes halogenated alkanes) is 25. The van der Waals surface area contributed by atoms with E-state index in [0.717, 1.165) is 32.1 Å². The number of aliphatic hydroxyl groups excluding tert-OH is 4. The Morgan fingerprint density at radius 2 is 0.980 bits per heavy atom. The Morgan fingerprint density at radius 3 is 1.42 bits per heavy atom. The van der Waals surface area contributed by atoms with E-state index in [1.165, 1.54) is 141 Å². The summed E-state index contributed by atoms with van der Waals surface area (Å²) in [6.45, 7) is 4.57. The Kier molecular flexibility index (Phi) is 32.1. The zero-order valence-electron chi connectivity index (χ0n) is 32.4. The Labute approximate surface area is 306 Å². The van der Waals surface area contributed by atoms with Gasteiger partial charge in [0.1, 0.15) is 30.5 Å². The zero-order chi connectivity index (χ0) is 36.5. The highest BCUT2D eigenvalue weighted by Crippen LogP contribution is 2.22. The molecule has 298 valence electrons. The van der Waals surface area contributed by atoms with E-state index in [2.05, 4.69) is 13.8 Å². The van der Waals surface area contributed by atoms with Gasteiger partial charge >= 0.3 is 5.97 Å². The van der Waals surface area contributed by atoms with Crippen LogP contribution in [0.1, 0.15) is 194 Å². The highest BCUT2D eigenvalue weighted by Gasteiger charge is 2.44. The summed E-state index contributed by atoms with van der Waals surface area (Å²) in [5, 5.41) is 39.9. The summed E-state index contributed by atoms with van der Waals surface area (Å²) >= 11 is 0. The zero-order valence-corrected chi connectivity index (χ0v) is 32.4. The largest absolute Gasteiger partial charge is 0.457 e. The van der Waals surface area contributed by atoms with Crippen molar-refractivity contribution in [3.63, 3.8) is 0 Å². The molecule has 0 aromatic carbocycles. The monoisotopic (exact) mass is 717 g/mol. The predicted octanol–water partition coefficient (Wildman–Crippen LogP) is 8.69. The minimum absolute atomic E-state index is 0.106. The lowest BCUT2D eigenvalue weighted by Crippen LogP contribution is -2.59. The van der Waals surface area contributed by atoms with Crippen molar-refractivity contribution in [2.45, 2.75) is 230 Å². The van der Waals surface area contributed by atoms with Crippen LogP contribution in [0.3, 0.4) is 0 Å². The fourth-order valence-electron chi connectivity index (χ4n) is 6.67. The second kappa shape index (κ2) is 34.0. The van der Waals surface area contributed by atoms with Gasteiger partial charge < -0.3 is 39.4 Å². The van der Waals surface area contributed by atoms with Gasteiger partial charge in [-0.15, -0.1) is 0 Å². The maximum atomic E-state index is 12.7. The fraction of sp³-hybridized carbons (Fsp3) is 0.976. The second-order valence-corrected chi connectivity index (χ2v) is 14.8. The standard InChI is InChI=1S/C41H80O9/c1-3-5-7-9-11-13-14-15-16-17-18-19-20-21-22-24-26-28-30-37(43)49-35(33-47-31-29-27-25-23-12-10-8-6-4-2)34-48-41-40(46)39(45)38(44)36(32-42)50-41/h35-36,38-42,44-46H,3-34H2,1-2H3. The fourth-order valence-corrected chi connectivity index (χ4v) is 6.67. The van der Waals surface area contributed by atoms with Crippen molar-refractivity contribution in [3.05, 3.63) is 0 Å². The lowest BCUT2D eigenvalue weighted by atomic mass is 9.99. The summed E-state index contributed by atoms with van der Waals surface area (Å²) < 4.78 is 22.7. The molecular weight excluding hydrogens is 636 g/mol. The summed E-state index contributed by atoms with van der Waals surface area (Å²) in [6, 6.07) is 0. The molecular formula is C41H80O9. The molecule has 4 N–H and O–H groups in total. The molecule has 1 saturated heterocycles. The third-order valence-electron chi connectivity index (χ3n) is 10.0. The number of carbonyl (C=O) groups excluding carboxylic acids is 1. The van der Waals surface area contributed by atoms with Gasteiger partial charge in [-0.05, 0) is 12.8 Å². The Hall–Kier alpha value is -0.810. The van der Waals surface area contributed by atoms with Gasteiger partial charge in [0.2, 0.25) is 0 Å². The molecule has 1 aliphatic heterocycles. The SMILES string of the molecule is CCCCCCCCCCCCCCCCCCCCC(=O)OC(COCCCCCCCCCCC)COC1OC(CO)C(O)C(O)C1O. The first-order chi connectivity index (χ1) is 24.4. The number of hydrogen-bond donors (Lipinski definition) is 4. The molecule has 6 atom stereocenters. The molecule has 1 fully saturated rings. The number of ether oxygens (including phenoxy) is 4. The van der Waals surface area contributed by atoms with Crippen molar-refractivity contribution < 1.29 is 44.2 Å². The van der Waals surface area contributed by atoms with Crippen molar-refractivity contribution >= 4 is 5.97 Å². The van der Waals surface area contributed by atoms with Gasteiger partial charge in [-0.3, -0.25) is 4.79 Å². The summed E-state index contributed by atoms with van der Waals surface area (Å²) in [4.78, 5) is 12.7. The molecule has 0 aliphatic carbocycles. The Morgan fingerprint density at radius 1 is 0.560 bits per heavy atom. The van der Waals surface area contributed by atoms with E-state index in [1.54, 1.807) is 0 Å². The first-order valence-electron chi connectivity index (χ1n) is 21.1. The van der Waals surface area contributed by atoms with Crippen molar-refractivity contribution in [2.24, 2.45) is 0 Å². The Bertz CT molecular complexity index is 737. The van der Waals surface area contributed by atoms with Crippen molar-refractivity contribution in [3.8, 4) is 0 Å². The molecule has 1 heterocycles. The molecule has 0 spiro atoms. The van der Waals surface area contributed by atoms with Crippen LogP contribution >= 0.6 is 0 Å². The molecule has 0 saturated carbocycles. The molecule has 0 aromatic heterocycles. The van der Waals surface area contributed by atoms with E-state index < -0.39 is 43.4 Å². The van der Waals surface area contributed by atoms with Crippen molar-refractivity contribution in [2.75, 3.05) is 26.4 Å². The quantitative estimate of drug-likeness (QED) is 0.0371. The summed E-state index contributed by atoms with van der Waals surface area (Å²) in [6.07, 6.45) is 27.0. The molecule has 9 heteroatoms. The van der Waals surface area contributed by atoms with Gasteiger partial charge in [0, 0.05) is 13.0 Å². The molecule has 6 unspecified atom stereocenters. The molecule has 0 aromatic rings. The maximum Gasteiger partial charge on any atom is 0.306 e. The van der Waals surface area contributed by atoms with Crippen LogP contribution in [0.2, 0.25) is 0 Å². The number of carbonyl (C=O) groups is 1. The number of hydrogen-bond acceptors (Lipinski definition) is 9. The topological polar surface area (TPSA) is 135 Å². The average Bonchev–Trinajstić information content (AvgIpc) is 3.11. The maximum absolute atomic E-state index is 12.7. The summed E-state index contributed by atoms with van der Waals surface area (Å²) in [7, 11) is 0. The van der Waals surface area contributed by atoms with E-state index in [0.29, 0.717) is 13.0 Å². The smallest absolute Gasteiger partial charge is 0.306 e. The molecule has 50 heavy (non-hydrogen) atoms. The van der Waals surface area contributed by atoms with Gasteiger partial charge in [0.05, 0.1) is 19.8 Å². The summed E-state index contributed by atoms with van der Waals surface area (Å²) in [5.41, 5.74) is 0. The molecule has 1 rings (SSSR count). The lowest BCUT2D eigenvalue weighted by Gasteiger charge is -2.39. The van der Waals surface area contributed by atoms with Gasteiger partial charge in [-0.2, -0.15) is 0 Å². The minimum atomic E-state index is -1.53. The molecule has 9 nitrogen and oxygen atoms in total. The molecule has 0 radical (unpaired) electrons. The van der Waals surface area contributed by atoms with Gasteiger partial charge in [0.25, 0.3) is 0 Å². The molecule has 0 amide bonds. The highest BCUT2D eigenvalue weighted by molar-refractivity contribution is 5.69. The average molecular weight is 717 g/mol. The van der Waals surface area contributed by atoms with Gasteiger partial charge in [-0.1, -0.05) is 174 Å². The van der Waals surface area contributed by atoms with E-state index in [1.807, 2.05) is 0 Å². The highest BCUT2D eigenvalue weighted by atomic mass is 16.7.